The summed E-state index contributed by atoms with van der Waals surface area (Å²) in [5.41, 5.74) is 3.39. The Morgan fingerprint density at radius 2 is 1.89 bits per heavy atom. The highest BCUT2D eigenvalue weighted by Gasteiger charge is 2.25. The molecule has 5 nitrogen and oxygen atoms in total. The van der Waals surface area contributed by atoms with E-state index in [4.69, 9.17) is 11.6 Å². The first-order valence-corrected chi connectivity index (χ1v) is 12.9. The summed E-state index contributed by atoms with van der Waals surface area (Å²) in [7, 11) is 0. The molecule has 0 unspecified atom stereocenters. The quantitative estimate of drug-likeness (QED) is 0.374. The van der Waals surface area contributed by atoms with Crippen molar-refractivity contribution in [1.29, 1.82) is 0 Å². The van der Waals surface area contributed by atoms with Gasteiger partial charge in [-0.3, -0.25) is 9.78 Å². The number of carbonyl (C=O) groups is 1. The van der Waals surface area contributed by atoms with Crippen LogP contribution in [0.1, 0.15) is 55.8 Å². The Morgan fingerprint density at radius 1 is 1.14 bits per heavy atom. The molecule has 0 amide bonds. The normalized spacial score (nSPS) is 20.9. The van der Waals surface area contributed by atoms with Crippen LogP contribution in [-0.4, -0.2) is 46.4 Å². The second-order valence-corrected chi connectivity index (χ2v) is 10.4. The third-order valence-electron chi connectivity index (χ3n) is 7.51. The minimum atomic E-state index is -0.771. The van der Waals surface area contributed by atoms with Crippen LogP contribution >= 0.6 is 11.6 Å². The zero-order valence-electron chi connectivity index (χ0n) is 20.0. The van der Waals surface area contributed by atoms with E-state index in [1.54, 1.807) is 13.1 Å². The molecule has 0 bridgehead atoms. The predicted molar refractivity (Wildman–Crippen MR) is 139 cm³/mol. The van der Waals surface area contributed by atoms with E-state index < -0.39 is 11.6 Å². The van der Waals surface area contributed by atoms with Gasteiger partial charge < -0.3 is 15.3 Å². The molecule has 1 aliphatic carbocycles. The molecule has 2 aromatic carbocycles. The van der Waals surface area contributed by atoms with Gasteiger partial charge in [-0.15, -0.1) is 0 Å². The predicted octanol–water partition coefficient (Wildman–Crippen LogP) is 6.67. The Balaban J connectivity index is 1.43. The van der Waals surface area contributed by atoms with Gasteiger partial charge in [0.15, 0.2) is 17.3 Å². The molecule has 2 fully saturated rings. The Hall–Kier alpha value is -2.70. The molecule has 3 aromatic rings. The number of aromatic nitrogens is 1. The molecule has 1 saturated heterocycles. The number of likely N-dealkylation sites (tertiary alicyclic amines) is 1. The van der Waals surface area contributed by atoms with Crippen molar-refractivity contribution >= 4 is 34.0 Å². The van der Waals surface area contributed by atoms with Gasteiger partial charge in [-0.2, -0.15) is 0 Å². The number of carbonyl (C=O) groups excluding carboxylic acids is 1. The average Bonchev–Trinajstić information content (AvgIpc) is 3.36. The van der Waals surface area contributed by atoms with Gasteiger partial charge in [0.1, 0.15) is 0 Å². The molecule has 35 heavy (non-hydrogen) atoms. The van der Waals surface area contributed by atoms with Crippen molar-refractivity contribution in [2.45, 2.75) is 51.5 Å². The molecule has 1 aromatic heterocycles. The van der Waals surface area contributed by atoms with Crippen molar-refractivity contribution < 1.29 is 14.3 Å². The fourth-order valence-corrected chi connectivity index (χ4v) is 5.76. The monoisotopic (exact) mass is 495 g/mol. The summed E-state index contributed by atoms with van der Waals surface area (Å²) in [6.07, 6.45) is 8.79. The van der Waals surface area contributed by atoms with Gasteiger partial charge in [-0.1, -0.05) is 17.7 Å². The van der Waals surface area contributed by atoms with Crippen molar-refractivity contribution in [1.82, 2.24) is 9.88 Å². The molecular weight excluding hydrogens is 465 g/mol. The van der Waals surface area contributed by atoms with Crippen molar-refractivity contribution in [3.05, 3.63) is 52.9 Å². The van der Waals surface area contributed by atoms with Crippen molar-refractivity contribution in [2.24, 2.45) is 5.92 Å². The number of pyridine rings is 1. The Morgan fingerprint density at radius 3 is 2.57 bits per heavy atom. The van der Waals surface area contributed by atoms with Crippen LogP contribution in [-0.2, 0) is 0 Å². The number of halogens is 2. The lowest BCUT2D eigenvalue weighted by Gasteiger charge is -2.32. The molecule has 2 aliphatic rings. The van der Waals surface area contributed by atoms with Crippen LogP contribution in [0.2, 0.25) is 5.02 Å². The number of hydrogen-bond acceptors (Lipinski definition) is 5. The molecule has 0 atom stereocenters. The summed E-state index contributed by atoms with van der Waals surface area (Å²) >= 11 is 6.02. The standard InChI is InChI=1S/C28H31ClFN3O2/c1-17(34)23-15-31-26-9-6-19(20-13-24(29)28(35)25(30)14-20)12-22(26)27(23)32-21-7-4-18(5-8-21)16-33-10-2-3-11-33/h6,9,12-15,18,21,35H,2-5,7-8,10-11,16H2,1H3,(H,31,32). The number of phenolic OH excluding ortho intramolecular Hbond substituents is 1. The fourth-order valence-electron chi connectivity index (χ4n) is 5.55. The third-order valence-corrected chi connectivity index (χ3v) is 7.80. The van der Waals surface area contributed by atoms with Crippen LogP contribution in [0.25, 0.3) is 22.0 Å². The zero-order chi connectivity index (χ0) is 24.5. The number of phenols is 1. The number of nitrogens with zero attached hydrogens (tertiary/aromatic N) is 2. The van der Waals surface area contributed by atoms with Crippen LogP contribution in [0, 0.1) is 11.7 Å². The molecule has 2 N–H and O–H groups in total. The van der Waals surface area contributed by atoms with Gasteiger partial charge in [-0.05, 0) is 99.8 Å². The van der Waals surface area contributed by atoms with Crippen molar-refractivity contribution in [2.75, 3.05) is 25.0 Å². The van der Waals surface area contributed by atoms with Crippen LogP contribution in [0.4, 0.5) is 10.1 Å². The summed E-state index contributed by atoms with van der Waals surface area (Å²) in [4.78, 5) is 19.6. The highest BCUT2D eigenvalue weighted by molar-refractivity contribution is 6.32. The Labute approximate surface area is 210 Å². The van der Waals surface area contributed by atoms with Gasteiger partial charge in [0.05, 0.1) is 21.8 Å². The summed E-state index contributed by atoms with van der Waals surface area (Å²) in [6.45, 7) is 5.24. The highest BCUT2D eigenvalue weighted by Crippen LogP contribution is 2.37. The maximum absolute atomic E-state index is 14.2. The Kier molecular flexibility index (Phi) is 6.94. The topological polar surface area (TPSA) is 65.5 Å². The number of aromatic hydroxyl groups is 1. The number of hydrogen-bond donors (Lipinski definition) is 2. The average molecular weight is 496 g/mol. The summed E-state index contributed by atoms with van der Waals surface area (Å²) in [5.74, 6) is -0.631. The molecule has 1 aliphatic heterocycles. The van der Waals surface area contributed by atoms with E-state index in [1.165, 1.54) is 57.5 Å². The maximum Gasteiger partial charge on any atom is 0.170 e. The lowest BCUT2D eigenvalue weighted by molar-refractivity contribution is 0.101. The summed E-state index contributed by atoms with van der Waals surface area (Å²) in [6, 6.07) is 8.72. The van der Waals surface area contributed by atoms with Gasteiger partial charge >= 0.3 is 0 Å². The summed E-state index contributed by atoms with van der Waals surface area (Å²) < 4.78 is 14.2. The van der Waals surface area contributed by atoms with Crippen molar-refractivity contribution in [3.8, 4) is 16.9 Å². The number of nitrogens with one attached hydrogen (secondary N) is 1. The number of benzene rings is 2. The van der Waals surface area contributed by atoms with Gasteiger partial charge in [0.2, 0.25) is 0 Å². The van der Waals surface area contributed by atoms with E-state index >= 15 is 0 Å². The maximum atomic E-state index is 14.2. The molecule has 7 heteroatoms. The third kappa shape index (κ3) is 5.14. The number of ketones is 1. The smallest absolute Gasteiger partial charge is 0.170 e. The largest absolute Gasteiger partial charge is 0.504 e. The second kappa shape index (κ2) is 10.1. The van der Waals surface area contributed by atoms with Gasteiger partial charge in [0, 0.05) is 24.2 Å². The highest BCUT2D eigenvalue weighted by atomic mass is 35.5. The SMILES string of the molecule is CC(=O)c1cnc2ccc(-c3cc(F)c(O)c(Cl)c3)cc2c1NC1CCC(CN2CCCC2)CC1. The van der Waals surface area contributed by atoms with Crippen LogP contribution in [0.5, 0.6) is 5.75 Å². The first-order valence-electron chi connectivity index (χ1n) is 12.5. The van der Waals surface area contributed by atoms with E-state index in [0.717, 1.165) is 40.9 Å². The number of Topliss-reactive ketones (excluding diaryl/α,β-unsaturated/α-hetero) is 1. The fraction of sp³-hybridized carbons (Fsp3) is 0.429. The van der Waals surface area contributed by atoms with Crippen LogP contribution in [0.3, 0.4) is 0 Å². The van der Waals surface area contributed by atoms with Crippen molar-refractivity contribution in [3.63, 3.8) is 0 Å². The van der Waals surface area contributed by atoms with E-state index in [2.05, 4.69) is 15.2 Å². The van der Waals surface area contributed by atoms with Crippen LogP contribution in [0.15, 0.2) is 36.5 Å². The number of anilines is 1. The molecule has 184 valence electrons. The zero-order valence-corrected chi connectivity index (χ0v) is 20.7. The van der Waals surface area contributed by atoms with E-state index in [0.29, 0.717) is 11.1 Å². The second-order valence-electron chi connectivity index (χ2n) is 9.99. The minimum absolute atomic E-state index is 0.0419. The van der Waals surface area contributed by atoms with E-state index in [1.807, 2.05) is 18.2 Å². The first kappa shape index (κ1) is 24.0. The van der Waals surface area contributed by atoms with E-state index in [9.17, 15) is 14.3 Å². The lowest BCUT2D eigenvalue weighted by Crippen LogP contribution is -2.33. The molecule has 0 radical (unpaired) electrons. The first-order chi connectivity index (χ1) is 16.9. The summed E-state index contributed by atoms with van der Waals surface area (Å²) in [5, 5.41) is 14.2. The molecule has 0 spiro atoms. The van der Waals surface area contributed by atoms with Crippen LogP contribution < -0.4 is 5.32 Å². The Bertz CT molecular complexity index is 1230. The van der Waals surface area contributed by atoms with Gasteiger partial charge in [0.25, 0.3) is 0 Å². The minimum Gasteiger partial charge on any atom is -0.504 e. The molecule has 2 heterocycles. The number of rotatable bonds is 6. The lowest BCUT2D eigenvalue weighted by atomic mass is 9.85. The molecular formula is C28H31ClFN3O2. The molecule has 5 rings (SSSR count). The number of fused-ring (bicyclic) bond motifs is 1. The van der Waals surface area contributed by atoms with Gasteiger partial charge in [-0.25, -0.2) is 4.39 Å². The molecule has 1 saturated carbocycles. The van der Waals surface area contributed by atoms with E-state index in [-0.39, 0.29) is 16.8 Å².